The van der Waals surface area contributed by atoms with Crippen LogP contribution < -0.4 is 0 Å². The molecule has 0 aromatic carbocycles. The second-order valence-electron chi connectivity index (χ2n) is 6.15. The van der Waals surface area contributed by atoms with E-state index in [0.29, 0.717) is 31.3 Å². The average molecular weight is 280 g/mol. The molecule has 2 fully saturated rings. The third kappa shape index (κ3) is 3.15. The van der Waals surface area contributed by atoms with E-state index in [-0.39, 0.29) is 17.6 Å². The molecule has 1 aliphatic carbocycles. The number of aldehydes is 1. The van der Waals surface area contributed by atoms with Crippen LogP contribution in [0.1, 0.15) is 39.5 Å². The van der Waals surface area contributed by atoms with E-state index in [4.69, 9.17) is 9.84 Å². The molecular weight excluding hydrogens is 260 g/mol. The first kappa shape index (κ1) is 14.9. The zero-order valence-corrected chi connectivity index (χ0v) is 11.8. The van der Waals surface area contributed by atoms with Crippen LogP contribution >= 0.6 is 0 Å². The van der Waals surface area contributed by atoms with Gasteiger partial charge in [-0.25, -0.2) is 0 Å². The number of rotatable bonds is 5. The molecule has 2 aliphatic rings. The third-order valence-electron chi connectivity index (χ3n) is 4.25. The van der Waals surface area contributed by atoms with E-state index in [0.717, 1.165) is 6.29 Å². The lowest BCUT2D eigenvalue weighted by molar-refractivity contribution is -0.143. The normalized spacial score (nSPS) is 32.5. The fourth-order valence-corrected chi connectivity index (χ4v) is 2.83. The molecule has 0 aromatic heterocycles. The molecule has 2 rings (SSSR count). The largest absolute Gasteiger partial charge is 0.481 e. The van der Waals surface area contributed by atoms with Crippen molar-refractivity contribution >= 4 is 18.0 Å². The Labute approximate surface area is 118 Å². The lowest BCUT2D eigenvalue weighted by Gasteiger charge is -2.26. The molecule has 1 N–H and O–H groups in total. The van der Waals surface area contributed by atoms with E-state index in [1.165, 1.54) is 6.08 Å². The number of hydrogen-bond acceptors (Lipinski definition) is 4. The smallest absolute Gasteiger partial charge is 0.306 e. The predicted octanol–water partition coefficient (Wildman–Crippen LogP) is 1.75. The van der Waals surface area contributed by atoms with Gasteiger partial charge in [-0.3, -0.25) is 14.4 Å². The van der Waals surface area contributed by atoms with Crippen LogP contribution in [0.4, 0.5) is 0 Å². The second-order valence-corrected chi connectivity index (χ2v) is 6.15. The van der Waals surface area contributed by atoms with E-state index < -0.39 is 17.7 Å². The minimum Gasteiger partial charge on any atom is -0.481 e. The summed E-state index contributed by atoms with van der Waals surface area (Å²) in [4.78, 5) is 34.0. The Morgan fingerprint density at radius 2 is 1.65 bits per heavy atom. The van der Waals surface area contributed by atoms with Crippen molar-refractivity contribution in [1.29, 1.82) is 0 Å². The molecule has 1 saturated carbocycles. The molecule has 5 heteroatoms. The second kappa shape index (κ2) is 5.48. The molecule has 1 atom stereocenters. The molecular formula is C15H20O5. The molecule has 0 unspecified atom stereocenters. The number of carboxylic acid groups (broad SMARTS) is 1. The molecule has 5 nitrogen and oxygen atoms in total. The summed E-state index contributed by atoms with van der Waals surface area (Å²) in [5, 5.41) is 8.95. The molecule has 1 saturated heterocycles. The number of ether oxygens (including phenoxy) is 1. The number of hydrogen-bond donors (Lipinski definition) is 1. The maximum absolute atomic E-state index is 12.0. The van der Waals surface area contributed by atoms with E-state index in [1.54, 1.807) is 0 Å². The summed E-state index contributed by atoms with van der Waals surface area (Å²) in [6, 6.07) is 0. The van der Waals surface area contributed by atoms with E-state index in [9.17, 15) is 14.4 Å². The summed E-state index contributed by atoms with van der Waals surface area (Å²) in [7, 11) is 0. The van der Waals surface area contributed by atoms with Crippen molar-refractivity contribution in [2.24, 2.45) is 11.8 Å². The van der Waals surface area contributed by atoms with Crippen LogP contribution in [0, 0.1) is 11.8 Å². The Morgan fingerprint density at radius 3 is 2.05 bits per heavy atom. The number of aliphatic carboxylic acids is 1. The Bertz CT molecular complexity index is 455. The lowest BCUT2D eigenvalue weighted by Crippen LogP contribution is -2.23. The molecule has 0 radical (unpaired) electrons. The average Bonchev–Trinajstić information content (AvgIpc) is 3.05. The Balaban J connectivity index is 1.97. The van der Waals surface area contributed by atoms with Gasteiger partial charge in [0, 0.05) is 0 Å². The van der Waals surface area contributed by atoms with Gasteiger partial charge in [-0.1, -0.05) is 0 Å². The van der Waals surface area contributed by atoms with Gasteiger partial charge < -0.3 is 9.84 Å². The van der Waals surface area contributed by atoms with Crippen LogP contribution in [0.3, 0.4) is 0 Å². The van der Waals surface area contributed by atoms with Crippen molar-refractivity contribution < 1.29 is 24.2 Å². The molecule has 0 bridgehead atoms. The lowest BCUT2D eigenvalue weighted by atomic mass is 9.78. The standard InChI is InChI=1S/C15H20O5/c1-15(2)13(20-15)12(17)7-11(8-16)9-3-5-10(6-4-9)14(18)19/h7-10,13H,3-6H2,1-2H3,(H,18,19)/b11-7-/t9?,10?,13-/m1/s1. The quantitative estimate of drug-likeness (QED) is 0.471. The summed E-state index contributed by atoms with van der Waals surface area (Å²) in [6.45, 7) is 3.67. The number of ketones is 1. The first-order valence-electron chi connectivity index (χ1n) is 6.96. The van der Waals surface area contributed by atoms with Crippen LogP contribution in [0.15, 0.2) is 11.6 Å². The first-order valence-corrected chi connectivity index (χ1v) is 6.96. The Hall–Kier alpha value is -1.49. The van der Waals surface area contributed by atoms with Crippen LogP contribution in [-0.4, -0.2) is 34.9 Å². The van der Waals surface area contributed by atoms with Gasteiger partial charge in [-0.15, -0.1) is 0 Å². The summed E-state index contributed by atoms with van der Waals surface area (Å²) >= 11 is 0. The van der Waals surface area contributed by atoms with E-state index in [2.05, 4.69) is 0 Å². The van der Waals surface area contributed by atoms with E-state index in [1.807, 2.05) is 13.8 Å². The minimum atomic E-state index is -0.774. The van der Waals surface area contributed by atoms with Gasteiger partial charge in [0.1, 0.15) is 12.4 Å². The maximum atomic E-state index is 12.0. The highest BCUT2D eigenvalue weighted by Crippen LogP contribution is 2.37. The van der Waals surface area contributed by atoms with Gasteiger partial charge in [0.05, 0.1) is 11.5 Å². The molecule has 0 spiro atoms. The highest BCUT2D eigenvalue weighted by Gasteiger charge is 2.52. The highest BCUT2D eigenvalue weighted by molar-refractivity contribution is 6.00. The highest BCUT2D eigenvalue weighted by atomic mass is 16.6. The van der Waals surface area contributed by atoms with Gasteiger partial charge >= 0.3 is 5.97 Å². The van der Waals surface area contributed by atoms with Gasteiger partial charge in [0.15, 0.2) is 5.78 Å². The predicted molar refractivity (Wildman–Crippen MR) is 71.2 cm³/mol. The molecule has 1 aliphatic heterocycles. The monoisotopic (exact) mass is 280 g/mol. The summed E-state index contributed by atoms with van der Waals surface area (Å²) < 4.78 is 5.26. The molecule has 20 heavy (non-hydrogen) atoms. The number of carbonyl (C=O) groups is 3. The van der Waals surface area contributed by atoms with Crippen molar-refractivity contribution in [3.63, 3.8) is 0 Å². The van der Waals surface area contributed by atoms with Gasteiger partial charge in [-0.2, -0.15) is 0 Å². The fourth-order valence-electron chi connectivity index (χ4n) is 2.83. The summed E-state index contributed by atoms with van der Waals surface area (Å²) in [5.74, 6) is -1.27. The minimum absolute atomic E-state index is 0.00564. The zero-order valence-electron chi connectivity index (χ0n) is 11.8. The van der Waals surface area contributed by atoms with Crippen molar-refractivity contribution in [2.45, 2.75) is 51.2 Å². The third-order valence-corrected chi connectivity index (χ3v) is 4.25. The van der Waals surface area contributed by atoms with Gasteiger partial charge in [0.2, 0.25) is 0 Å². The number of epoxide rings is 1. The Morgan fingerprint density at radius 1 is 1.15 bits per heavy atom. The molecule has 110 valence electrons. The number of carboxylic acids is 1. The maximum Gasteiger partial charge on any atom is 0.306 e. The van der Waals surface area contributed by atoms with Gasteiger partial charge in [0.25, 0.3) is 0 Å². The van der Waals surface area contributed by atoms with Crippen molar-refractivity contribution in [3.05, 3.63) is 11.6 Å². The van der Waals surface area contributed by atoms with Gasteiger partial charge in [-0.05, 0) is 57.1 Å². The summed E-state index contributed by atoms with van der Waals surface area (Å²) in [5.41, 5.74) is 0.0490. The number of carbonyl (C=O) groups excluding carboxylic acids is 2. The SMILES string of the molecule is CC1(C)O[C@@H]1C(=O)/C=C(/C=O)C1CCC(C(=O)O)CC1. The molecule has 0 amide bonds. The zero-order chi connectivity index (χ0) is 14.9. The van der Waals surface area contributed by atoms with Crippen LogP contribution in [0.5, 0.6) is 0 Å². The van der Waals surface area contributed by atoms with Crippen LogP contribution in [0.25, 0.3) is 0 Å². The van der Waals surface area contributed by atoms with Crippen molar-refractivity contribution in [1.82, 2.24) is 0 Å². The molecule has 0 aromatic rings. The number of allylic oxidation sites excluding steroid dienone is 1. The summed E-state index contributed by atoms with van der Waals surface area (Å²) in [6.07, 6.45) is 4.06. The van der Waals surface area contributed by atoms with Crippen LogP contribution in [-0.2, 0) is 19.1 Å². The topological polar surface area (TPSA) is 84.0 Å². The van der Waals surface area contributed by atoms with Crippen LogP contribution in [0.2, 0.25) is 0 Å². The first-order chi connectivity index (χ1) is 9.35. The Kier molecular flexibility index (Phi) is 4.09. The molecule has 1 heterocycles. The van der Waals surface area contributed by atoms with Crippen molar-refractivity contribution in [2.75, 3.05) is 0 Å². The van der Waals surface area contributed by atoms with E-state index >= 15 is 0 Å². The fraction of sp³-hybridized carbons (Fsp3) is 0.667. The van der Waals surface area contributed by atoms with Crippen molar-refractivity contribution in [3.8, 4) is 0 Å².